The monoisotopic (exact) mass is 308 g/mol. The molecule has 0 amide bonds. The molecule has 2 heterocycles. The van der Waals surface area contributed by atoms with E-state index >= 15 is 0 Å². The van der Waals surface area contributed by atoms with Crippen LogP contribution in [0.4, 0.5) is 0 Å². The summed E-state index contributed by atoms with van der Waals surface area (Å²) in [6.07, 6.45) is 2.03. The molecule has 1 aromatic heterocycles. The van der Waals surface area contributed by atoms with Crippen molar-refractivity contribution >= 4 is 17.3 Å². The summed E-state index contributed by atoms with van der Waals surface area (Å²) in [5, 5.41) is 5.12. The van der Waals surface area contributed by atoms with Crippen molar-refractivity contribution in [3.05, 3.63) is 35.0 Å². The van der Waals surface area contributed by atoms with Crippen LogP contribution in [0.2, 0.25) is 0 Å². The van der Waals surface area contributed by atoms with Crippen molar-refractivity contribution in [2.45, 2.75) is 19.1 Å². The number of nitrogens with zero attached hydrogens (tertiary/aromatic N) is 2. The highest BCUT2D eigenvalue weighted by Crippen LogP contribution is 2.27. The van der Waals surface area contributed by atoms with Gasteiger partial charge in [-0.25, -0.2) is 0 Å². The summed E-state index contributed by atoms with van der Waals surface area (Å²) < 4.78 is 5.63. The van der Waals surface area contributed by atoms with Crippen LogP contribution in [0.25, 0.3) is 0 Å². The first-order valence-electron chi connectivity index (χ1n) is 7.24. The normalized spacial score (nSPS) is 22.0. The van der Waals surface area contributed by atoms with Gasteiger partial charge in [-0.05, 0) is 18.4 Å². The number of guanidine groups is 1. The second kappa shape index (κ2) is 8.17. The molecule has 2 rings (SSSR count). The van der Waals surface area contributed by atoms with Crippen LogP contribution in [0.3, 0.4) is 0 Å². The summed E-state index contributed by atoms with van der Waals surface area (Å²) in [4.78, 5) is 8.24. The Balaban J connectivity index is 2.04. The van der Waals surface area contributed by atoms with E-state index in [9.17, 15) is 0 Å². The third kappa shape index (κ3) is 4.84. The topological polar surface area (TPSA) is 62.9 Å². The summed E-state index contributed by atoms with van der Waals surface area (Å²) in [5.74, 6) is 0.470. The third-order valence-electron chi connectivity index (χ3n) is 3.45. The zero-order valence-electron chi connectivity index (χ0n) is 12.5. The fourth-order valence-corrected chi connectivity index (χ4v) is 3.26. The summed E-state index contributed by atoms with van der Waals surface area (Å²) in [5.41, 5.74) is 5.87. The van der Waals surface area contributed by atoms with Crippen molar-refractivity contribution in [3.63, 3.8) is 0 Å². The standard InChI is InChI=1S/C15H24N4OS/c1-3-6-17-15(16)18-10-13(14-5-4-9-21-14)19-7-8-20-12(2)11-19/h3-5,9,12-13H,1,6-8,10-11H2,2H3,(H3,16,17,18). The average Bonchev–Trinajstić information content (AvgIpc) is 2.99. The second-order valence-electron chi connectivity index (χ2n) is 5.10. The number of rotatable bonds is 6. The van der Waals surface area contributed by atoms with E-state index in [0.717, 1.165) is 19.7 Å². The molecular formula is C15H24N4OS. The van der Waals surface area contributed by atoms with Gasteiger partial charge < -0.3 is 15.8 Å². The maximum absolute atomic E-state index is 5.87. The van der Waals surface area contributed by atoms with Crippen LogP contribution in [-0.2, 0) is 4.74 Å². The number of morpholine rings is 1. The highest BCUT2D eigenvalue weighted by Gasteiger charge is 2.26. The zero-order chi connectivity index (χ0) is 15.1. The molecule has 0 spiro atoms. The predicted molar refractivity (Wildman–Crippen MR) is 88.7 cm³/mol. The Morgan fingerprint density at radius 1 is 1.76 bits per heavy atom. The van der Waals surface area contributed by atoms with Gasteiger partial charge in [-0.3, -0.25) is 9.89 Å². The van der Waals surface area contributed by atoms with Gasteiger partial charge in [-0.1, -0.05) is 12.1 Å². The molecule has 1 aliphatic rings. The maximum atomic E-state index is 5.87. The Bertz CT molecular complexity index is 460. The Hall–Kier alpha value is -1.37. The van der Waals surface area contributed by atoms with Gasteiger partial charge in [0.25, 0.3) is 0 Å². The Morgan fingerprint density at radius 3 is 3.29 bits per heavy atom. The third-order valence-corrected chi connectivity index (χ3v) is 4.42. The van der Waals surface area contributed by atoms with E-state index in [2.05, 4.69) is 46.2 Å². The fraction of sp³-hybridized carbons (Fsp3) is 0.533. The number of hydrogen-bond donors (Lipinski definition) is 2. The lowest BCUT2D eigenvalue weighted by Gasteiger charge is -2.36. The molecular weight excluding hydrogens is 284 g/mol. The number of hydrogen-bond acceptors (Lipinski definition) is 4. The van der Waals surface area contributed by atoms with E-state index in [1.54, 1.807) is 17.4 Å². The maximum Gasteiger partial charge on any atom is 0.188 e. The summed E-state index contributed by atoms with van der Waals surface area (Å²) >= 11 is 1.77. The quantitative estimate of drug-likeness (QED) is 0.476. The molecule has 116 valence electrons. The molecule has 1 saturated heterocycles. The summed E-state index contributed by atoms with van der Waals surface area (Å²) in [6.45, 7) is 9.69. The number of nitrogens with one attached hydrogen (secondary N) is 1. The smallest absolute Gasteiger partial charge is 0.188 e. The highest BCUT2D eigenvalue weighted by molar-refractivity contribution is 7.10. The van der Waals surface area contributed by atoms with Crippen LogP contribution in [-0.4, -0.2) is 49.7 Å². The molecule has 5 nitrogen and oxygen atoms in total. The molecule has 21 heavy (non-hydrogen) atoms. The lowest BCUT2D eigenvalue weighted by Crippen LogP contribution is -2.44. The number of nitrogens with two attached hydrogens (primary N) is 1. The Morgan fingerprint density at radius 2 is 2.62 bits per heavy atom. The van der Waals surface area contributed by atoms with E-state index < -0.39 is 0 Å². The molecule has 3 N–H and O–H groups in total. The van der Waals surface area contributed by atoms with Gasteiger partial charge in [0.2, 0.25) is 0 Å². The molecule has 2 atom stereocenters. The lowest BCUT2D eigenvalue weighted by atomic mass is 10.1. The van der Waals surface area contributed by atoms with Crippen LogP contribution < -0.4 is 11.1 Å². The highest BCUT2D eigenvalue weighted by atomic mass is 32.1. The lowest BCUT2D eigenvalue weighted by molar-refractivity contribution is -0.0327. The van der Waals surface area contributed by atoms with Crippen molar-refractivity contribution in [2.24, 2.45) is 10.7 Å². The first-order chi connectivity index (χ1) is 10.2. The molecule has 1 aliphatic heterocycles. The van der Waals surface area contributed by atoms with Gasteiger partial charge in [0, 0.05) is 24.5 Å². The first-order valence-corrected chi connectivity index (χ1v) is 8.12. The van der Waals surface area contributed by atoms with Crippen LogP contribution in [0.5, 0.6) is 0 Å². The first kappa shape index (κ1) is 16.0. The molecule has 2 unspecified atom stereocenters. The molecule has 0 bridgehead atoms. The Kier molecular flexibility index (Phi) is 6.22. The van der Waals surface area contributed by atoms with Crippen molar-refractivity contribution < 1.29 is 4.74 Å². The molecule has 0 aromatic carbocycles. The van der Waals surface area contributed by atoms with Crippen LogP contribution in [0, 0.1) is 0 Å². The van der Waals surface area contributed by atoms with Crippen molar-refractivity contribution in [1.29, 1.82) is 0 Å². The molecule has 0 saturated carbocycles. The summed E-state index contributed by atoms with van der Waals surface area (Å²) in [6, 6.07) is 4.51. The van der Waals surface area contributed by atoms with Crippen molar-refractivity contribution in [1.82, 2.24) is 10.2 Å². The molecule has 1 fully saturated rings. The molecule has 0 aliphatic carbocycles. The minimum atomic E-state index is 0.264. The predicted octanol–water partition coefficient (Wildman–Crippen LogP) is 1.60. The molecule has 6 heteroatoms. The zero-order valence-corrected chi connectivity index (χ0v) is 13.3. The largest absolute Gasteiger partial charge is 0.376 e. The fourth-order valence-electron chi connectivity index (χ4n) is 2.41. The van der Waals surface area contributed by atoms with Gasteiger partial charge in [0.15, 0.2) is 5.96 Å². The molecule has 1 aromatic rings. The van der Waals surface area contributed by atoms with Gasteiger partial charge in [0.05, 0.1) is 25.3 Å². The van der Waals surface area contributed by atoms with E-state index in [1.807, 2.05) is 0 Å². The second-order valence-corrected chi connectivity index (χ2v) is 6.08. The Labute approximate surface area is 130 Å². The number of ether oxygens (including phenoxy) is 1. The van der Waals surface area contributed by atoms with Gasteiger partial charge in [0.1, 0.15) is 0 Å². The summed E-state index contributed by atoms with van der Waals surface area (Å²) in [7, 11) is 0. The van der Waals surface area contributed by atoms with E-state index in [-0.39, 0.29) is 12.1 Å². The number of aliphatic imine (C=N–C) groups is 1. The SMILES string of the molecule is C=CCNC(N)=NCC(c1cccs1)N1CCOC(C)C1. The minimum absolute atomic E-state index is 0.264. The average molecular weight is 308 g/mol. The van der Waals surface area contributed by atoms with E-state index in [4.69, 9.17) is 10.5 Å². The molecule has 0 radical (unpaired) electrons. The number of thiophene rings is 1. The minimum Gasteiger partial charge on any atom is -0.376 e. The van der Waals surface area contributed by atoms with E-state index in [1.165, 1.54) is 4.88 Å². The van der Waals surface area contributed by atoms with Crippen LogP contribution in [0.15, 0.2) is 35.2 Å². The van der Waals surface area contributed by atoms with Gasteiger partial charge in [-0.15, -0.1) is 17.9 Å². The van der Waals surface area contributed by atoms with Crippen LogP contribution in [0.1, 0.15) is 17.8 Å². The van der Waals surface area contributed by atoms with Crippen molar-refractivity contribution in [2.75, 3.05) is 32.8 Å². The van der Waals surface area contributed by atoms with E-state index in [0.29, 0.717) is 19.0 Å². The van der Waals surface area contributed by atoms with Gasteiger partial charge in [-0.2, -0.15) is 0 Å². The van der Waals surface area contributed by atoms with Gasteiger partial charge >= 0.3 is 0 Å². The van der Waals surface area contributed by atoms with Crippen LogP contribution >= 0.6 is 11.3 Å². The van der Waals surface area contributed by atoms with Crippen molar-refractivity contribution in [3.8, 4) is 0 Å².